The average molecular weight is 226 g/mol. The third-order valence-electron chi connectivity index (χ3n) is 4.08. The van der Waals surface area contributed by atoms with Crippen LogP contribution >= 0.6 is 0 Å². The van der Waals surface area contributed by atoms with Gasteiger partial charge in [-0.15, -0.1) is 0 Å². The van der Waals surface area contributed by atoms with E-state index in [0.29, 0.717) is 5.41 Å². The van der Waals surface area contributed by atoms with E-state index >= 15 is 0 Å². The van der Waals surface area contributed by atoms with Crippen LogP contribution in [0.2, 0.25) is 0 Å². The molecule has 1 aliphatic rings. The largest absolute Gasteiger partial charge is 0.319 e. The van der Waals surface area contributed by atoms with E-state index in [1.807, 2.05) is 7.05 Å². The van der Waals surface area contributed by atoms with Crippen LogP contribution in [0.3, 0.4) is 0 Å². The summed E-state index contributed by atoms with van der Waals surface area (Å²) >= 11 is 0. The third kappa shape index (κ3) is 4.42. The van der Waals surface area contributed by atoms with Crippen molar-refractivity contribution in [3.8, 4) is 0 Å². The maximum Gasteiger partial charge on any atom is 0.00927 e. The van der Waals surface area contributed by atoms with Crippen molar-refractivity contribution in [1.82, 2.24) is 10.2 Å². The number of hydrogen-bond donors (Lipinski definition) is 1. The van der Waals surface area contributed by atoms with E-state index in [0.717, 1.165) is 18.5 Å². The zero-order chi connectivity index (χ0) is 12.2. The maximum absolute atomic E-state index is 3.26. The standard InChI is InChI=1S/C14H30N2/c1-12(10-15-4)11-16(5)13-6-8-14(2,3)9-7-13/h12-13,15H,6-11H2,1-5H3. The second-order valence-electron chi connectivity index (χ2n) is 6.50. The molecule has 1 aliphatic carbocycles. The zero-order valence-electron chi connectivity index (χ0n) is 11.8. The molecule has 1 unspecified atom stereocenters. The van der Waals surface area contributed by atoms with Gasteiger partial charge in [-0.2, -0.15) is 0 Å². The van der Waals surface area contributed by atoms with Crippen LogP contribution in [-0.4, -0.2) is 38.1 Å². The van der Waals surface area contributed by atoms with E-state index < -0.39 is 0 Å². The highest BCUT2D eigenvalue weighted by atomic mass is 15.1. The first-order valence-electron chi connectivity index (χ1n) is 6.79. The van der Waals surface area contributed by atoms with E-state index in [-0.39, 0.29) is 0 Å². The van der Waals surface area contributed by atoms with Gasteiger partial charge in [-0.1, -0.05) is 20.8 Å². The molecule has 2 nitrogen and oxygen atoms in total. The Morgan fingerprint density at radius 3 is 2.38 bits per heavy atom. The minimum Gasteiger partial charge on any atom is -0.319 e. The van der Waals surface area contributed by atoms with Crippen LogP contribution in [-0.2, 0) is 0 Å². The lowest BCUT2D eigenvalue weighted by Crippen LogP contribution is -2.40. The molecule has 0 aliphatic heterocycles. The van der Waals surface area contributed by atoms with Crippen molar-refractivity contribution >= 4 is 0 Å². The maximum atomic E-state index is 3.26. The predicted molar refractivity (Wildman–Crippen MR) is 71.8 cm³/mol. The van der Waals surface area contributed by atoms with Crippen molar-refractivity contribution in [2.75, 3.05) is 27.2 Å². The molecule has 0 aromatic carbocycles. The van der Waals surface area contributed by atoms with Crippen molar-refractivity contribution in [3.05, 3.63) is 0 Å². The second-order valence-corrected chi connectivity index (χ2v) is 6.50. The lowest BCUT2D eigenvalue weighted by atomic mass is 9.75. The fourth-order valence-electron chi connectivity index (χ4n) is 2.88. The highest BCUT2D eigenvalue weighted by Crippen LogP contribution is 2.36. The summed E-state index contributed by atoms with van der Waals surface area (Å²) in [5.74, 6) is 0.755. The Morgan fingerprint density at radius 1 is 1.31 bits per heavy atom. The zero-order valence-corrected chi connectivity index (χ0v) is 11.8. The molecular weight excluding hydrogens is 196 g/mol. The third-order valence-corrected chi connectivity index (χ3v) is 4.08. The predicted octanol–water partition coefficient (Wildman–Crippen LogP) is 2.74. The van der Waals surface area contributed by atoms with E-state index in [1.165, 1.54) is 32.2 Å². The molecule has 0 bridgehead atoms. The molecule has 1 N–H and O–H groups in total. The quantitative estimate of drug-likeness (QED) is 0.775. The first-order valence-corrected chi connectivity index (χ1v) is 6.79. The fraction of sp³-hybridized carbons (Fsp3) is 1.00. The van der Waals surface area contributed by atoms with Gasteiger partial charge in [-0.25, -0.2) is 0 Å². The van der Waals surface area contributed by atoms with Crippen molar-refractivity contribution < 1.29 is 0 Å². The summed E-state index contributed by atoms with van der Waals surface area (Å²) in [5.41, 5.74) is 0.591. The summed E-state index contributed by atoms with van der Waals surface area (Å²) in [5, 5.41) is 3.26. The van der Waals surface area contributed by atoms with Gasteiger partial charge in [0.15, 0.2) is 0 Å². The highest BCUT2D eigenvalue weighted by molar-refractivity contribution is 4.83. The fourth-order valence-corrected chi connectivity index (χ4v) is 2.88. The first-order chi connectivity index (χ1) is 7.44. The van der Waals surface area contributed by atoms with Crippen LogP contribution in [0.4, 0.5) is 0 Å². The number of hydrogen-bond acceptors (Lipinski definition) is 2. The van der Waals surface area contributed by atoms with Crippen LogP contribution in [0.25, 0.3) is 0 Å². The summed E-state index contributed by atoms with van der Waals surface area (Å²) in [6.45, 7) is 9.51. The summed E-state index contributed by atoms with van der Waals surface area (Å²) in [4.78, 5) is 2.58. The Kier molecular flexibility index (Phi) is 5.26. The van der Waals surface area contributed by atoms with Gasteiger partial charge in [0, 0.05) is 12.6 Å². The molecule has 1 rings (SSSR count). The van der Waals surface area contributed by atoms with Crippen LogP contribution < -0.4 is 5.32 Å². The molecule has 0 radical (unpaired) electrons. The van der Waals surface area contributed by atoms with Crippen molar-refractivity contribution in [3.63, 3.8) is 0 Å². The van der Waals surface area contributed by atoms with Gasteiger partial charge < -0.3 is 10.2 Å². The van der Waals surface area contributed by atoms with E-state index in [9.17, 15) is 0 Å². The molecule has 0 aromatic heterocycles. The summed E-state index contributed by atoms with van der Waals surface area (Å²) in [7, 11) is 4.34. The SMILES string of the molecule is CNCC(C)CN(C)C1CCC(C)(C)CC1. The highest BCUT2D eigenvalue weighted by Gasteiger charge is 2.28. The van der Waals surface area contributed by atoms with Crippen LogP contribution in [0.15, 0.2) is 0 Å². The average Bonchev–Trinajstić information content (AvgIpc) is 2.17. The van der Waals surface area contributed by atoms with Crippen LogP contribution in [0.1, 0.15) is 46.5 Å². The van der Waals surface area contributed by atoms with Gasteiger partial charge in [0.05, 0.1) is 0 Å². The molecule has 96 valence electrons. The van der Waals surface area contributed by atoms with Crippen molar-refractivity contribution in [2.24, 2.45) is 11.3 Å². The van der Waals surface area contributed by atoms with E-state index in [2.05, 4.69) is 38.0 Å². The Bertz CT molecular complexity index is 191. The molecule has 0 aromatic rings. The number of rotatable bonds is 5. The number of nitrogens with zero attached hydrogens (tertiary/aromatic N) is 1. The molecule has 0 amide bonds. The summed E-state index contributed by atoms with van der Waals surface area (Å²) in [6, 6.07) is 0.826. The van der Waals surface area contributed by atoms with Crippen LogP contribution in [0.5, 0.6) is 0 Å². The van der Waals surface area contributed by atoms with Gasteiger partial charge in [-0.05, 0) is 57.7 Å². The molecule has 0 heterocycles. The lowest BCUT2D eigenvalue weighted by Gasteiger charge is -2.39. The lowest BCUT2D eigenvalue weighted by molar-refractivity contribution is 0.117. The molecule has 0 saturated heterocycles. The second kappa shape index (κ2) is 6.02. The Hall–Kier alpha value is -0.0800. The van der Waals surface area contributed by atoms with Crippen LogP contribution in [0, 0.1) is 11.3 Å². The Labute approximate surface area is 102 Å². The molecule has 0 spiro atoms. The summed E-state index contributed by atoms with van der Waals surface area (Å²) < 4.78 is 0. The minimum atomic E-state index is 0.591. The van der Waals surface area contributed by atoms with Gasteiger partial charge >= 0.3 is 0 Å². The Morgan fingerprint density at radius 2 is 1.88 bits per heavy atom. The first kappa shape index (κ1) is 14.0. The molecule has 1 atom stereocenters. The van der Waals surface area contributed by atoms with E-state index in [1.54, 1.807) is 0 Å². The molecule has 2 heteroatoms. The Balaban J connectivity index is 2.30. The van der Waals surface area contributed by atoms with E-state index in [4.69, 9.17) is 0 Å². The van der Waals surface area contributed by atoms with Gasteiger partial charge in [0.2, 0.25) is 0 Å². The van der Waals surface area contributed by atoms with Gasteiger partial charge in [0.25, 0.3) is 0 Å². The minimum absolute atomic E-state index is 0.591. The molecule has 16 heavy (non-hydrogen) atoms. The normalized spacial score (nSPS) is 23.6. The topological polar surface area (TPSA) is 15.3 Å². The summed E-state index contributed by atoms with van der Waals surface area (Å²) in [6.07, 6.45) is 5.55. The van der Waals surface area contributed by atoms with Gasteiger partial charge in [-0.3, -0.25) is 0 Å². The molecule has 1 saturated carbocycles. The monoisotopic (exact) mass is 226 g/mol. The van der Waals surface area contributed by atoms with Crippen molar-refractivity contribution in [2.45, 2.75) is 52.5 Å². The van der Waals surface area contributed by atoms with Gasteiger partial charge in [0.1, 0.15) is 0 Å². The van der Waals surface area contributed by atoms with Crippen molar-refractivity contribution in [1.29, 1.82) is 0 Å². The smallest absolute Gasteiger partial charge is 0.00927 e. The molecular formula is C14H30N2. The molecule has 1 fully saturated rings. The number of nitrogens with one attached hydrogen (secondary N) is 1.